The average Bonchev–Trinajstić information content (AvgIpc) is 2.68. The van der Waals surface area contributed by atoms with Crippen LogP contribution < -0.4 is 11.1 Å². The number of halogens is 1. The van der Waals surface area contributed by atoms with Gasteiger partial charge in [0.1, 0.15) is 11.5 Å². The molecular formula is C9H8BrN5O. The van der Waals surface area contributed by atoms with Crippen LogP contribution in [0.15, 0.2) is 29.0 Å². The predicted octanol–water partition coefficient (Wildman–Crippen LogP) is 1.40. The number of hydrogen-bond donors (Lipinski definition) is 3. The van der Waals surface area contributed by atoms with Crippen LogP contribution in [0.25, 0.3) is 0 Å². The number of nitrogens with zero attached hydrogens (tertiary/aromatic N) is 2. The Kier molecular flexibility index (Phi) is 2.86. The van der Waals surface area contributed by atoms with Gasteiger partial charge in [-0.1, -0.05) is 0 Å². The number of aromatic amines is 1. The van der Waals surface area contributed by atoms with Crippen LogP contribution in [0.5, 0.6) is 0 Å². The second kappa shape index (κ2) is 4.31. The Morgan fingerprint density at radius 2 is 2.38 bits per heavy atom. The van der Waals surface area contributed by atoms with Crippen LogP contribution in [-0.4, -0.2) is 21.1 Å². The zero-order valence-corrected chi connectivity index (χ0v) is 9.65. The van der Waals surface area contributed by atoms with Crippen LogP contribution >= 0.6 is 15.9 Å². The molecular weight excluding hydrogens is 274 g/mol. The van der Waals surface area contributed by atoms with E-state index >= 15 is 0 Å². The van der Waals surface area contributed by atoms with Crippen molar-refractivity contribution >= 4 is 33.3 Å². The number of aromatic nitrogens is 3. The van der Waals surface area contributed by atoms with Crippen molar-refractivity contribution in [1.29, 1.82) is 0 Å². The summed E-state index contributed by atoms with van der Waals surface area (Å²) in [4.78, 5) is 15.6. The zero-order valence-electron chi connectivity index (χ0n) is 8.07. The molecule has 2 heterocycles. The summed E-state index contributed by atoms with van der Waals surface area (Å²) in [5, 5.41) is 8.88. The number of nitrogen functional groups attached to an aromatic ring is 1. The number of pyridine rings is 1. The first-order valence-electron chi connectivity index (χ1n) is 4.38. The highest BCUT2D eigenvalue weighted by Crippen LogP contribution is 2.20. The molecule has 0 bridgehead atoms. The fourth-order valence-corrected chi connectivity index (χ4v) is 1.47. The summed E-state index contributed by atoms with van der Waals surface area (Å²) < 4.78 is 0.704. The van der Waals surface area contributed by atoms with Gasteiger partial charge in [0.2, 0.25) is 0 Å². The standard InChI is InChI=1S/C9H8BrN5O/c10-5-4-12-2-1-6(5)13-9(16)7-3-8(11)15-14-7/h1-4H,(H3,11,14,15)(H,12,13,16). The maximum Gasteiger partial charge on any atom is 0.273 e. The van der Waals surface area contributed by atoms with E-state index in [1.165, 1.54) is 6.07 Å². The molecule has 0 aromatic carbocycles. The van der Waals surface area contributed by atoms with Crippen molar-refractivity contribution in [2.75, 3.05) is 11.1 Å². The van der Waals surface area contributed by atoms with E-state index in [1.54, 1.807) is 18.5 Å². The Hall–Kier alpha value is -1.89. The normalized spacial score (nSPS) is 10.1. The molecule has 0 aliphatic rings. The number of rotatable bonds is 2. The van der Waals surface area contributed by atoms with E-state index in [2.05, 4.69) is 36.4 Å². The number of carbonyl (C=O) groups is 1. The molecule has 0 fully saturated rings. The van der Waals surface area contributed by atoms with Gasteiger partial charge in [-0.3, -0.25) is 14.9 Å². The topological polar surface area (TPSA) is 96.7 Å². The lowest BCUT2D eigenvalue weighted by molar-refractivity contribution is 0.102. The van der Waals surface area contributed by atoms with Crippen LogP contribution in [0.3, 0.4) is 0 Å². The largest absolute Gasteiger partial charge is 0.382 e. The third kappa shape index (κ3) is 2.19. The van der Waals surface area contributed by atoms with Gasteiger partial charge in [-0.25, -0.2) is 0 Å². The molecule has 0 saturated heterocycles. The number of H-pyrrole nitrogens is 1. The first-order valence-corrected chi connectivity index (χ1v) is 5.18. The summed E-state index contributed by atoms with van der Waals surface area (Å²) in [6, 6.07) is 3.14. The molecule has 0 aliphatic heterocycles. The van der Waals surface area contributed by atoms with Gasteiger partial charge in [-0.15, -0.1) is 0 Å². The Balaban J connectivity index is 2.17. The highest BCUT2D eigenvalue weighted by Gasteiger charge is 2.10. The molecule has 0 aliphatic carbocycles. The molecule has 4 N–H and O–H groups in total. The number of amides is 1. The van der Waals surface area contributed by atoms with Crippen LogP contribution in [0, 0.1) is 0 Å². The summed E-state index contributed by atoms with van der Waals surface area (Å²) in [6.07, 6.45) is 3.18. The van der Waals surface area contributed by atoms with Gasteiger partial charge >= 0.3 is 0 Å². The highest BCUT2D eigenvalue weighted by atomic mass is 79.9. The van der Waals surface area contributed by atoms with Crippen molar-refractivity contribution in [2.45, 2.75) is 0 Å². The summed E-state index contributed by atoms with van der Waals surface area (Å²) >= 11 is 3.27. The summed E-state index contributed by atoms with van der Waals surface area (Å²) in [5.41, 5.74) is 6.34. The van der Waals surface area contributed by atoms with Crippen LogP contribution in [-0.2, 0) is 0 Å². The van der Waals surface area contributed by atoms with Gasteiger partial charge in [0, 0.05) is 18.5 Å². The minimum atomic E-state index is -0.309. The number of nitrogens with two attached hydrogens (primary N) is 1. The van der Waals surface area contributed by atoms with Crippen molar-refractivity contribution in [2.24, 2.45) is 0 Å². The molecule has 16 heavy (non-hydrogen) atoms. The first-order chi connectivity index (χ1) is 7.66. The molecule has 0 saturated carbocycles. The summed E-state index contributed by atoms with van der Waals surface area (Å²) in [5.74, 6) is -0.0324. The minimum Gasteiger partial charge on any atom is -0.382 e. The number of anilines is 2. The lowest BCUT2D eigenvalue weighted by Gasteiger charge is -2.04. The second-order valence-electron chi connectivity index (χ2n) is 3.02. The van der Waals surface area contributed by atoms with E-state index in [4.69, 9.17) is 5.73 Å². The Bertz CT molecular complexity index is 524. The number of nitrogens with one attached hydrogen (secondary N) is 2. The fraction of sp³-hybridized carbons (Fsp3) is 0. The molecule has 0 spiro atoms. The lowest BCUT2D eigenvalue weighted by atomic mass is 10.3. The van der Waals surface area contributed by atoms with Crippen molar-refractivity contribution in [3.05, 3.63) is 34.7 Å². The van der Waals surface area contributed by atoms with Gasteiger partial charge in [-0.05, 0) is 22.0 Å². The van der Waals surface area contributed by atoms with Crippen molar-refractivity contribution in [1.82, 2.24) is 15.2 Å². The SMILES string of the molecule is Nc1cc(C(=O)Nc2ccncc2Br)[nH]n1. The van der Waals surface area contributed by atoms with E-state index in [0.29, 0.717) is 15.9 Å². The molecule has 7 heteroatoms. The maximum absolute atomic E-state index is 11.7. The molecule has 0 atom stereocenters. The van der Waals surface area contributed by atoms with Crippen molar-refractivity contribution in [3.63, 3.8) is 0 Å². The smallest absolute Gasteiger partial charge is 0.273 e. The molecule has 2 rings (SSSR count). The fourth-order valence-electron chi connectivity index (χ4n) is 1.12. The minimum absolute atomic E-state index is 0.277. The Labute approximate surface area is 99.4 Å². The quantitative estimate of drug-likeness (QED) is 0.775. The molecule has 0 unspecified atom stereocenters. The molecule has 2 aromatic rings. The number of carbonyl (C=O) groups excluding carboxylic acids is 1. The Morgan fingerprint density at radius 1 is 1.56 bits per heavy atom. The summed E-state index contributed by atoms with van der Waals surface area (Å²) in [7, 11) is 0. The van der Waals surface area contributed by atoms with E-state index in [9.17, 15) is 4.79 Å². The van der Waals surface area contributed by atoms with Gasteiger partial charge in [-0.2, -0.15) is 5.10 Å². The van der Waals surface area contributed by atoms with Crippen molar-refractivity contribution < 1.29 is 4.79 Å². The van der Waals surface area contributed by atoms with Crippen LogP contribution in [0.1, 0.15) is 10.5 Å². The molecule has 2 aromatic heterocycles. The molecule has 1 amide bonds. The second-order valence-corrected chi connectivity index (χ2v) is 3.87. The van der Waals surface area contributed by atoms with E-state index < -0.39 is 0 Å². The highest BCUT2D eigenvalue weighted by molar-refractivity contribution is 9.10. The maximum atomic E-state index is 11.7. The molecule has 0 radical (unpaired) electrons. The predicted molar refractivity (Wildman–Crippen MR) is 62.9 cm³/mol. The van der Waals surface area contributed by atoms with Crippen LogP contribution in [0.4, 0.5) is 11.5 Å². The third-order valence-corrected chi connectivity index (χ3v) is 2.49. The molecule has 82 valence electrons. The number of hydrogen-bond acceptors (Lipinski definition) is 4. The van der Waals surface area contributed by atoms with E-state index in [-0.39, 0.29) is 11.7 Å². The van der Waals surface area contributed by atoms with Gasteiger partial charge in [0.15, 0.2) is 0 Å². The first kappa shape index (κ1) is 10.6. The summed E-state index contributed by atoms with van der Waals surface area (Å²) in [6.45, 7) is 0. The monoisotopic (exact) mass is 281 g/mol. The molecule has 6 nitrogen and oxygen atoms in total. The van der Waals surface area contributed by atoms with E-state index in [1.807, 2.05) is 0 Å². The van der Waals surface area contributed by atoms with Gasteiger partial charge < -0.3 is 11.1 Å². The lowest BCUT2D eigenvalue weighted by Crippen LogP contribution is -2.12. The van der Waals surface area contributed by atoms with Gasteiger partial charge in [0.25, 0.3) is 5.91 Å². The van der Waals surface area contributed by atoms with Crippen molar-refractivity contribution in [3.8, 4) is 0 Å². The van der Waals surface area contributed by atoms with Gasteiger partial charge in [0.05, 0.1) is 10.2 Å². The zero-order chi connectivity index (χ0) is 11.5. The van der Waals surface area contributed by atoms with Crippen LogP contribution in [0.2, 0.25) is 0 Å². The van der Waals surface area contributed by atoms with E-state index in [0.717, 1.165) is 0 Å². The Morgan fingerprint density at radius 3 is 3.00 bits per heavy atom. The third-order valence-electron chi connectivity index (χ3n) is 1.86. The average molecular weight is 282 g/mol.